The van der Waals surface area contributed by atoms with Crippen molar-refractivity contribution in [3.63, 3.8) is 0 Å². The first-order valence-electron chi connectivity index (χ1n) is 6.21. The highest BCUT2D eigenvalue weighted by atomic mass is 16.5. The molecule has 3 heterocycles. The smallest absolute Gasteiger partial charge is 0.196 e. The van der Waals surface area contributed by atoms with Crippen LogP contribution in [-0.2, 0) is 4.74 Å². The van der Waals surface area contributed by atoms with E-state index in [4.69, 9.17) is 10.5 Å². The van der Waals surface area contributed by atoms with Gasteiger partial charge < -0.3 is 15.6 Å². The summed E-state index contributed by atoms with van der Waals surface area (Å²) in [6, 6.07) is 2.27. The van der Waals surface area contributed by atoms with Crippen LogP contribution in [0, 0.1) is 16.7 Å². The predicted molar refractivity (Wildman–Crippen MR) is 68.2 cm³/mol. The zero-order valence-electron chi connectivity index (χ0n) is 10.9. The van der Waals surface area contributed by atoms with Gasteiger partial charge in [0.25, 0.3) is 0 Å². The van der Waals surface area contributed by atoms with Gasteiger partial charge in [0.2, 0.25) is 0 Å². The normalized spacial score (nSPS) is 29.6. The number of anilines is 1. The minimum absolute atomic E-state index is 0.123. The third-order valence-corrected chi connectivity index (χ3v) is 3.64. The number of rotatable bonds is 2. The van der Waals surface area contributed by atoms with Crippen LogP contribution in [0.15, 0.2) is 12.5 Å². The van der Waals surface area contributed by atoms with Crippen molar-refractivity contribution in [1.82, 2.24) is 19.6 Å². The molecule has 3 atom stereocenters. The van der Waals surface area contributed by atoms with Crippen LogP contribution in [0.4, 0.5) is 5.82 Å². The lowest BCUT2D eigenvalue weighted by Crippen LogP contribution is -2.20. The van der Waals surface area contributed by atoms with Crippen molar-refractivity contribution in [3.05, 3.63) is 18.2 Å². The van der Waals surface area contributed by atoms with Crippen molar-refractivity contribution in [1.29, 1.82) is 5.26 Å². The van der Waals surface area contributed by atoms with E-state index >= 15 is 0 Å². The Morgan fingerprint density at radius 2 is 2.45 bits per heavy atom. The summed E-state index contributed by atoms with van der Waals surface area (Å²) in [7, 11) is 0. The highest BCUT2D eigenvalue weighted by Crippen LogP contribution is 2.47. The third-order valence-electron chi connectivity index (χ3n) is 3.64. The second kappa shape index (κ2) is 4.40. The van der Waals surface area contributed by atoms with E-state index in [1.54, 1.807) is 13.1 Å². The predicted octanol–water partition coefficient (Wildman–Crippen LogP) is 0.0587. The van der Waals surface area contributed by atoms with Crippen molar-refractivity contribution in [3.8, 4) is 6.07 Å². The molecule has 0 spiro atoms. The first-order valence-corrected chi connectivity index (χ1v) is 6.21. The summed E-state index contributed by atoms with van der Waals surface area (Å²) < 4.78 is 7.31. The number of hydrogen-bond acceptors (Lipinski definition) is 7. The minimum Gasteiger partial charge on any atom is -0.394 e. The van der Waals surface area contributed by atoms with Gasteiger partial charge in [-0.15, -0.1) is 0 Å². The van der Waals surface area contributed by atoms with E-state index in [2.05, 4.69) is 21.1 Å². The molecule has 3 rings (SSSR count). The molecular weight excluding hydrogens is 260 g/mol. The fraction of sp³-hybridized carbons (Fsp3) is 0.500. The van der Waals surface area contributed by atoms with Crippen molar-refractivity contribution in [2.24, 2.45) is 5.41 Å². The molecule has 0 amide bonds. The number of nitrogens with zero attached hydrogens (tertiary/aromatic N) is 5. The van der Waals surface area contributed by atoms with Gasteiger partial charge in [-0.25, -0.2) is 14.5 Å². The Hall–Kier alpha value is -2.24. The molecule has 8 heteroatoms. The van der Waals surface area contributed by atoms with Crippen molar-refractivity contribution in [2.75, 3.05) is 12.3 Å². The van der Waals surface area contributed by atoms with Crippen molar-refractivity contribution in [2.45, 2.75) is 25.6 Å². The van der Waals surface area contributed by atoms with Crippen molar-refractivity contribution < 1.29 is 9.84 Å². The molecule has 2 aromatic rings. The van der Waals surface area contributed by atoms with Crippen LogP contribution < -0.4 is 5.73 Å². The third kappa shape index (κ3) is 1.71. The van der Waals surface area contributed by atoms with Crippen LogP contribution in [0.5, 0.6) is 0 Å². The molecule has 1 aliphatic heterocycles. The van der Waals surface area contributed by atoms with E-state index in [1.807, 2.05) is 0 Å². The SMILES string of the molecule is C[C@@]1(C#N)C[C@@H](CO)O[C@H]1c1cnc2c(N)ncnn12. The Balaban J connectivity index is 2.11. The first-order chi connectivity index (χ1) is 9.59. The Kier molecular flexibility index (Phi) is 2.81. The zero-order valence-corrected chi connectivity index (χ0v) is 10.9. The number of nitrogens with two attached hydrogens (primary N) is 1. The fourth-order valence-electron chi connectivity index (χ4n) is 2.61. The van der Waals surface area contributed by atoms with E-state index in [-0.39, 0.29) is 18.5 Å². The molecular formula is C12H14N6O2. The molecule has 0 saturated carbocycles. The largest absolute Gasteiger partial charge is 0.394 e. The standard InChI is InChI=1S/C12H14N6O2/c1-12(5-13)2-7(4-19)20-9(12)8-3-15-11-10(14)16-6-17-18(8)11/h3,6-7,9,19H,2,4H2,1H3,(H2,14,16,17)/t7-,9-,12-/m0/s1. The van der Waals surface area contributed by atoms with Crippen LogP contribution in [0.3, 0.4) is 0 Å². The molecule has 0 bridgehead atoms. The topological polar surface area (TPSA) is 122 Å². The maximum absolute atomic E-state index is 9.44. The summed E-state index contributed by atoms with van der Waals surface area (Å²) in [5.74, 6) is 0.265. The number of hydrogen-bond donors (Lipinski definition) is 2. The van der Waals surface area contributed by atoms with Gasteiger partial charge in [0, 0.05) is 0 Å². The average Bonchev–Trinajstić information content (AvgIpc) is 3.01. The molecule has 0 aliphatic carbocycles. The van der Waals surface area contributed by atoms with Gasteiger partial charge in [0.1, 0.15) is 12.4 Å². The molecule has 0 radical (unpaired) electrons. The number of nitriles is 1. The lowest BCUT2D eigenvalue weighted by atomic mass is 9.82. The summed E-state index contributed by atoms with van der Waals surface area (Å²) in [5, 5.41) is 22.8. The van der Waals surface area contributed by atoms with Gasteiger partial charge in [0.15, 0.2) is 11.5 Å². The molecule has 2 aromatic heterocycles. The average molecular weight is 274 g/mol. The summed E-state index contributed by atoms with van der Waals surface area (Å²) in [6.07, 6.45) is 2.48. The van der Waals surface area contributed by atoms with Crippen LogP contribution in [0.1, 0.15) is 25.1 Å². The second-order valence-corrected chi connectivity index (χ2v) is 5.12. The molecule has 1 aliphatic rings. The molecule has 1 fully saturated rings. The van der Waals surface area contributed by atoms with Crippen LogP contribution in [-0.4, -0.2) is 37.4 Å². The van der Waals surface area contributed by atoms with Gasteiger partial charge in [0.05, 0.1) is 36.1 Å². The maximum atomic E-state index is 9.44. The summed E-state index contributed by atoms with van der Waals surface area (Å²) in [4.78, 5) is 8.05. The van der Waals surface area contributed by atoms with Crippen LogP contribution in [0.25, 0.3) is 5.65 Å². The molecule has 0 unspecified atom stereocenters. The van der Waals surface area contributed by atoms with Gasteiger partial charge >= 0.3 is 0 Å². The number of aliphatic hydroxyl groups is 1. The number of nitrogen functional groups attached to an aromatic ring is 1. The van der Waals surface area contributed by atoms with E-state index in [1.165, 1.54) is 10.8 Å². The Labute approximate surface area is 114 Å². The molecule has 20 heavy (non-hydrogen) atoms. The summed E-state index contributed by atoms with van der Waals surface area (Å²) >= 11 is 0. The quantitative estimate of drug-likeness (QED) is 0.793. The number of aliphatic hydroxyl groups excluding tert-OH is 1. The monoisotopic (exact) mass is 274 g/mol. The number of imidazole rings is 1. The van der Waals surface area contributed by atoms with Gasteiger partial charge in [-0.3, -0.25) is 0 Å². The minimum atomic E-state index is -0.747. The second-order valence-electron chi connectivity index (χ2n) is 5.12. The maximum Gasteiger partial charge on any atom is 0.196 e. The van der Waals surface area contributed by atoms with E-state index in [0.717, 1.165) is 0 Å². The Morgan fingerprint density at radius 3 is 3.15 bits per heavy atom. The molecule has 1 saturated heterocycles. The van der Waals surface area contributed by atoms with Gasteiger partial charge in [-0.2, -0.15) is 10.4 Å². The van der Waals surface area contributed by atoms with Gasteiger partial charge in [-0.1, -0.05) is 0 Å². The first kappa shape index (κ1) is 12.8. The molecule has 3 N–H and O–H groups in total. The zero-order chi connectivity index (χ0) is 14.3. The van der Waals surface area contributed by atoms with Crippen molar-refractivity contribution >= 4 is 11.5 Å². The number of ether oxygens (including phenoxy) is 1. The van der Waals surface area contributed by atoms with E-state index in [0.29, 0.717) is 17.8 Å². The van der Waals surface area contributed by atoms with E-state index in [9.17, 15) is 10.4 Å². The molecule has 0 aromatic carbocycles. The molecule has 104 valence electrons. The number of fused-ring (bicyclic) bond motifs is 1. The van der Waals surface area contributed by atoms with Crippen LogP contribution >= 0.6 is 0 Å². The lowest BCUT2D eigenvalue weighted by molar-refractivity contribution is -0.00398. The Morgan fingerprint density at radius 1 is 1.65 bits per heavy atom. The summed E-state index contributed by atoms with van der Waals surface area (Å²) in [5.41, 5.74) is 6.06. The van der Waals surface area contributed by atoms with Gasteiger partial charge in [-0.05, 0) is 13.3 Å². The fourth-order valence-corrected chi connectivity index (χ4v) is 2.61. The number of aromatic nitrogens is 4. The highest BCUT2D eigenvalue weighted by molar-refractivity contribution is 5.58. The molecule has 8 nitrogen and oxygen atoms in total. The van der Waals surface area contributed by atoms with E-state index < -0.39 is 11.5 Å². The summed E-state index contributed by atoms with van der Waals surface area (Å²) in [6.45, 7) is 1.68. The Bertz CT molecular complexity index is 693. The lowest BCUT2D eigenvalue weighted by Gasteiger charge is -2.21. The van der Waals surface area contributed by atoms with Crippen LogP contribution in [0.2, 0.25) is 0 Å². The highest BCUT2D eigenvalue weighted by Gasteiger charge is 2.47.